The highest BCUT2D eigenvalue weighted by Crippen LogP contribution is 2.12. The average molecular weight is 270 g/mol. The summed E-state index contributed by atoms with van der Waals surface area (Å²) in [5.41, 5.74) is 0. The number of aliphatic hydroxyl groups is 1. The number of nitrogens with zero attached hydrogens (tertiary/aromatic N) is 1. The second kappa shape index (κ2) is 8.31. The van der Waals surface area contributed by atoms with Crippen LogP contribution in [0.1, 0.15) is 26.7 Å². The molecule has 0 aliphatic heterocycles. The molecule has 0 spiro atoms. The Labute approximate surface area is 105 Å². The number of carbonyl (C=O) groups is 1. The van der Waals surface area contributed by atoms with Crippen molar-refractivity contribution in [1.82, 2.24) is 10.2 Å². The predicted molar refractivity (Wildman–Crippen MR) is 62.1 cm³/mol. The highest BCUT2D eigenvalue weighted by atomic mass is 19.4. The van der Waals surface area contributed by atoms with Crippen LogP contribution in [0.5, 0.6) is 0 Å². The first kappa shape index (κ1) is 17.2. The fraction of sp³-hybridized carbons (Fsp3) is 0.909. The number of nitrogens with one attached hydrogen (secondary N) is 1. The van der Waals surface area contributed by atoms with Crippen LogP contribution in [0.15, 0.2) is 0 Å². The first-order valence-electron chi connectivity index (χ1n) is 6.02. The Kier molecular flexibility index (Phi) is 7.93. The first-order valence-corrected chi connectivity index (χ1v) is 6.02. The van der Waals surface area contributed by atoms with E-state index in [1.54, 1.807) is 4.90 Å². The van der Waals surface area contributed by atoms with Crippen molar-refractivity contribution in [3.63, 3.8) is 0 Å². The third-order valence-corrected chi connectivity index (χ3v) is 2.68. The molecule has 0 bridgehead atoms. The number of carbonyl (C=O) groups excluding carboxylic acids is 1. The van der Waals surface area contributed by atoms with Crippen molar-refractivity contribution < 1.29 is 23.1 Å². The van der Waals surface area contributed by atoms with Crippen molar-refractivity contribution in [2.24, 2.45) is 0 Å². The minimum absolute atomic E-state index is 0.0915. The molecule has 0 unspecified atom stereocenters. The molecule has 0 aromatic heterocycles. The Bertz CT molecular complexity index is 243. The molecule has 0 saturated carbocycles. The van der Waals surface area contributed by atoms with Crippen molar-refractivity contribution in [3.05, 3.63) is 0 Å². The van der Waals surface area contributed by atoms with Crippen LogP contribution in [-0.4, -0.2) is 54.4 Å². The van der Waals surface area contributed by atoms with Crippen LogP contribution in [0.3, 0.4) is 0 Å². The van der Waals surface area contributed by atoms with E-state index in [0.29, 0.717) is 0 Å². The van der Waals surface area contributed by atoms with Crippen molar-refractivity contribution >= 4 is 5.91 Å². The number of hydrogen-bond donors (Lipinski definition) is 2. The van der Waals surface area contributed by atoms with Crippen LogP contribution in [0.2, 0.25) is 0 Å². The van der Waals surface area contributed by atoms with Crippen molar-refractivity contribution in [1.29, 1.82) is 0 Å². The summed E-state index contributed by atoms with van der Waals surface area (Å²) in [6.07, 6.45) is -2.83. The number of halogens is 3. The molecule has 0 fully saturated rings. The summed E-state index contributed by atoms with van der Waals surface area (Å²) < 4.78 is 35.8. The van der Waals surface area contributed by atoms with Crippen LogP contribution in [0.4, 0.5) is 13.2 Å². The van der Waals surface area contributed by atoms with Gasteiger partial charge < -0.3 is 10.4 Å². The lowest BCUT2D eigenvalue weighted by atomic mass is 10.1. The van der Waals surface area contributed by atoms with Crippen molar-refractivity contribution in [2.45, 2.75) is 38.9 Å². The molecule has 2 N–H and O–H groups in total. The van der Waals surface area contributed by atoms with E-state index in [9.17, 15) is 18.0 Å². The number of hydrogen-bond acceptors (Lipinski definition) is 3. The van der Waals surface area contributed by atoms with E-state index in [1.165, 1.54) is 0 Å². The standard InChI is InChI=1S/C11H21F3N2O2/c1-3-9(4-2)16(5-6-17)7-10(18)15-8-11(12,13)14/h9,17H,3-8H2,1-2H3,(H,15,18). The van der Waals surface area contributed by atoms with E-state index >= 15 is 0 Å². The molecule has 0 aromatic carbocycles. The maximum Gasteiger partial charge on any atom is 0.405 e. The van der Waals surface area contributed by atoms with Gasteiger partial charge in [0.1, 0.15) is 6.54 Å². The molecule has 7 heteroatoms. The monoisotopic (exact) mass is 270 g/mol. The third kappa shape index (κ3) is 7.50. The van der Waals surface area contributed by atoms with Gasteiger partial charge in [-0.15, -0.1) is 0 Å². The fourth-order valence-electron chi connectivity index (χ4n) is 1.76. The van der Waals surface area contributed by atoms with Gasteiger partial charge in [-0.25, -0.2) is 0 Å². The van der Waals surface area contributed by atoms with Crippen molar-refractivity contribution in [3.8, 4) is 0 Å². The fourth-order valence-corrected chi connectivity index (χ4v) is 1.76. The lowest BCUT2D eigenvalue weighted by Crippen LogP contribution is -2.45. The quantitative estimate of drug-likeness (QED) is 0.695. The van der Waals surface area contributed by atoms with Gasteiger partial charge in [0.25, 0.3) is 0 Å². The highest BCUT2D eigenvalue weighted by molar-refractivity contribution is 5.78. The van der Waals surface area contributed by atoms with Gasteiger partial charge in [-0.2, -0.15) is 13.2 Å². The average Bonchev–Trinajstić information content (AvgIpc) is 2.27. The van der Waals surface area contributed by atoms with Crippen molar-refractivity contribution in [2.75, 3.05) is 26.2 Å². The summed E-state index contributed by atoms with van der Waals surface area (Å²) in [7, 11) is 0. The van der Waals surface area contributed by atoms with Gasteiger partial charge in [-0.1, -0.05) is 13.8 Å². The largest absolute Gasteiger partial charge is 0.405 e. The van der Waals surface area contributed by atoms with E-state index < -0.39 is 18.6 Å². The first-order chi connectivity index (χ1) is 8.34. The Balaban J connectivity index is 4.27. The van der Waals surface area contributed by atoms with E-state index in [0.717, 1.165) is 12.8 Å². The van der Waals surface area contributed by atoms with Gasteiger partial charge in [0.05, 0.1) is 13.2 Å². The summed E-state index contributed by atoms with van der Waals surface area (Å²) >= 11 is 0. The highest BCUT2D eigenvalue weighted by Gasteiger charge is 2.28. The normalized spacial score (nSPS) is 12.2. The molecule has 108 valence electrons. The van der Waals surface area contributed by atoms with E-state index in [2.05, 4.69) is 0 Å². The van der Waals surface area contributed by atoms with Gasteiger partial charge in [-0.05, 0) is 12.8 Å². The number of aliphatic hydroxyl groups excluding tert-OH is 1. The number of alkyl halides is 3. The molecule has 0 saturated heterocycles. The summed E-state index contributed by atoms with van der Waals surface area (Å²) in [6.45, 7) is 2.60. The third-order valence-electron chi connectivity index (χ3n) is 2.68. The Morgan fingerprint density at radius 1 is 1.33 bits per heavy atom. The molecule has 0 heterocycles. The van der Waals surface area contributed by atoms with Crippen LogP contribution in [-0.2, 0) is 4.79 Å². The molecule has 0 aliphatic carbocycles. The lowest BCUT2D eigenvalue weighted by Gasteiger charge is -2.29. The predicted octanol–water partition coefficient (Wildman–Crippen LogP) is 1.15. The van der Waals surface area contributed by atoms with Crippen LogP contribution < -0.4 is 5.32 Å². The molecular formula is C11H21F3N2O2. The molecule has 18 heavy (non-hydrogen) atoms. The zero-order valence-electron chi connectivity index (χ0n) is 10.8. The minimum Gasteiger partial charge on any atom is -0.395 e. The Morgan fingerprint density at radius 3 is 2.28 bits per heavy atom. The maximum atomic E-state index is 11.9. The summed E-state index contributed by atoms with van der Waals surface area (Å²) in [5, 5.41) is 10.7. The van der Waals surface area contributed by atoms with Gasteiger partial charge >= 0.3 is 6.18 Å². The molecule has 0 aliphatic rings. The molecule has 4 nitrogen and oxygen atoms in total. The van der Waals surface area contributed by atoms with Crippen LogP contribution in [0.25, 0.3) is 0 Å². The SMILES string of the molecule is CCC(CC)N(CCO)CC(=O)NCC(F)(F)F. The van der Waals surface area contributed by atoms with E-state index in [-0.39, 0.29) is 25.7 Å². The minimum atomic E-state index is -4.40. The number of amides is 1. The van der Waals surface area contributed by atoms with E-state index in [1.807, 2.05) is 19.2 Å². The van der Waals surface area contributed by atoms with Gasteiger partial charge in [0, 0.05) is 12.6 Å². The topological polar surface area (TPSA) is 52.6 Å². The summed E-state index contributed by atoms with van der Waals surface area (Å²) in [4.78, 5) is 13.1. The molecule has 1 amide bonds. The molecule has 0 radical (unpaired) electrons. The molecule has 0 atom stereocenters. The zero-order chi connectivity index (χ0) is 14.2. The summed E-state index contributed by atoms with van der Waals surface area (Å²) in [6, 6.07) is 0.0915. The summed E-state index contributed by atoms with van der Waals surface area (Å²) in [5.74, 6) is -0.673. The second-order valence-electron chi connectivity index (χ2n) is 4.06. The number of rotatable bonds is 8. The Hall–Kier alpha value is -0.820. The van der Waals surface area contributed by atoms with Gasteiger partial charge in [0.2, 0.25) is 5.91 Å². The van der Waals surface area contributed by atoms with E-state index in [4.69, 9.17) is 5.11 Å². The molecular weight excluding hydrogens is 249 g/mol. The zero-order valence-corrected chi connectivity index (χ0v) is 10.8. The van der Waals surface area contributed by atoms with Crippen LogP contribution in [0, 0.1) is 0 Å². The Morgan fingerprint density at radius 2 is 1.89 bits per heavy atom. The van der Waals surface area contributed by atoms with Gasteiger partial charge in [-0.3, -0.25) is 9.69 Å². The van der Waals surface area contributed by atoms with Gasteiger partial charge in [0.15, 0.2) is 0 Å². The van der Waals surface area contributed by atoms with Crippen LogP contribution >= 0.6 is 0 Å². The molecule has 0 aromatic rings. The maximum absolute atomic E-state index is 11.9. The second-order valence-corrected chi connectivity index (χ2v) is 4.06. The lowest BCUT2D eigenvalue weighted by molar-refractivity contribution is -0.139. The molecule has 0 rings (SSSR count). The smallest absolute Gasteiger partial charge is 0.395 e.